The normalized spacial score (nSPS) is 27.4. The molecule has 1 aliphatic carbocycles. The van der Waals surface area contributed by atoms with E-state index in [1.54, 1.807) is 0 Å². The van der Waals surface area contributed by atoms with Crippen LogP contribution in [0.1, 0.15) is 26.2 Å². The molecule has 1 amide bonds. The van der Waals surface area contributed by atoms with Crippen LogP contribution < -0.4 is 5.32 Å². The zero-order valence-electron chi connectivity index (χ0n) is 9.83. The molecule has 4 heteroatoms. The Morgan fingerprint density at radius 3 is 2.88 bits per heavy atom. The summed E-state index contributed by atoms with van der Waals surface area (Å²) in [5.41, 5.74) is -0.664. The standard InChI is InChI=1S/C12H19N3O/c1-2-15-6-3-10(8-15)7-14-11(16)12(9-13)4-5-12/h10H,2-8H2,1H3,(H,14,16). The van der Waals surface area contributed by atoms with Crippen molar-refractivity contribution >= 4 is 5.91 Å². The van der Waals surface area contributed by atoms with Crippen LogP contribution in [0.15, 0.2) is 0 Å². The number of rotatable bonds is 4. The Labute approximate surface area is 96.6 Å². The Kier molecular flexibility index (Phi) is 3.15. The van der Waals surface area contributed by atoms with Crippen LogP contribution in [0.5, 0.6) is 0 Å². The lowest BCUT2D eigenvalue weighted by molar-refractivity contribution is -0.124. The molecule has 4 nitrogen and oxygen atoms in total. The second kappa shape index (κ2) is 4.42. The number of carbonyl (C=O) groups is 1. The zero-order valence-corrected chi connectivity index (χ0v) is 9.83. The van der Waals surface area contributed by atoms with Gasteiger partial charge in [-0.05, 0) is 38.3 Å². The molecule has 1 unspecified atom stereocenters. The van der Waals surface area contributed by atoms with Gasteiger partial charge in [-0.2, -0.15) is 5.26 Å². The van der Waals surface area contributed by atoms with E-state index < -0.39 is 5.41 Å². The maximum Gasteiger partial charge on any atom is 0.240 e. The van der Waals surface area contributed by atoms with E-state index in [-0.39, 0.29) is 5.91 Å². The summed E-state index contributed by atoms with van der Waals surface area (Å²) in [5, 5.41) is 11.8. The number of hydrogen-bond acceptors (Lipinski definition) is 3. The van der Waals surface area contributed by atoms with Crippen molar-refractivity contribution in [2.24, 2.45) is 11.3 Å². The first-order valence-electron chi connectivity index (χ1n) is 6.12. The van der Waals surface area contributed by atoms with E-state index in [2.05, 4.69) is 23.2 Å². The van der Waals surface area contributed by atoms with Crippen LogP contribution in [-0.4, -0.2) is 37.0 Å². The molecule has 2 rings (SSSR count). The van der Waals surface area contributed by atoms with Crippen molar-refractivity contribution in [3.63, 3.8) is 0 Å². The van der Waals surface area contributed by atoms with Crippen LogP contribution in [0.2, 0.25) is 0 Å². The van der Waals surface area contributed by atoms with Crippen molar-refractivity contribution in [3.8, 4) is 6.07 Å². The molecule has 1 saturated heterocycles. The molecule has 16 heavy (non-hydrogen) atoms. The van der Waals surface area contributed by atoms with Crippen LogP contribution in [0.3, 0.4) is 0 Å². The molecular weight excluding hydrogens is 202 g/mol. The van der Waals surface area contributed by atoms with Crippen LogP contribution in [0.25, 0.3) is 0 Å². The minimum atomic E-state index is -0.664. The van der Waals surface area contributed by atoms with E-state index in [0.29, 0.717) is 5.92 Å². The molecule has 1 saturated carbocycles. The van der Waals surface area contributed by atoms with E-state index >= 15 is 0 Å². The van der Waals surface area contributed by atoms with Crippen LogP contribution in [-0.2, 0) is 4.79 Å². The summed E-state index contributed by atoms with van der Waals surface area (Å²) < 4.78 is 0. The average Bonchev–Trinajstić information content (AvgIpc) is 2.98. The molecule has 1 atom stereocenters. The van der Waals surface area contributed by atoms with Gasteiger partial charge in [-0.25, -0.2) is 0 Å². The fraction of sp³-hybridized carbons (Fsp3) is 0.833. The van der Waals surface area contributed by atoms with Crippen molar-refractivity contribution in [1.29, 1.82) is 5.26 Å². The fourth-order valence-electron chi connectivity index (χ4n) is 2.29. The molecule has 0 radical (unpaired) electrons. The fourth-order valence-corrected chi connectivity index (χ4v) is 2.29. The Bertz CT molecular complexity index is 317. The van der Waals surface area contributed by atoms with Gasteiger partial charge in [0.1, 0.15) is 5.41 Å². The van der Waals surface area contributed by atoms with Gasteiger partial charge >= 0.3 is 0 Å². The van der Waals surface area contributed by atoms with Crippen molar-refractivity contribution in [2.45, 2.75) is 26.2 Å². The van der Waals surface area contributed by atoms with Crippen molar-refractivity contribution in [1.82, 2.24) is 10.2 Å². The van der Waals surface area contributed by atoms with Gasteiger partial charge in [0.15, 0.2) is 0 Å². The number of hydrogen-bond donors (Lipinski definition) is 1. The molecule has 1 heterocycles. The summed E-state index contributed by atoms with van der Waals surface area (Å²) in [6.45, 7) is 6.21. The average molecular weight is 221 g/mol. The van der Waals surface area contributed by atoms with E-state index in [9.17, 15) is 4.79 Å². The van der Waals surface area contributed by atoms with Gasteiger partial charge in [-0.15, -0.1) is 0 Å². The lowest BCUT2D eigenvalue weighted by Gasteiger charge is -2.14. The highest BCUT2D eigenvalue weighted by Gasteiger charge is 2.50. The largest absolute Gasteiger partial charge is 0.354 e. The number of nitriles is 1. The van der Waals surface area contributed by atoms with E-state index in [0.717, 1.165) is 45.4 Å². The SMILES string of the molecule is CCN1CCC(CNC(=O)C2(C#N)CC2)C1. The summed E-state index contributed by atoms with van der Waals surface area (Å²) in [4.78, 5) is 14.1. The first kappa shape index (κ1) is 11.4. The van der Waals surface area contributed by atoms with E-state index in [1.807, 2.05) is 0 Å². The van der Waals surface area contributed by atoms with Gasteiger partial charge in [0, 0.05) is 13.1 Å². The highest BCUT2D eigenvalue weighted by molar-refractivity contribution is 5.88. The molecule has 1 N–H and O–H groups in total. The number of likely N-dealkylation sites (tertiary alicyclic amines) is 1. The predicted octanol–water partition coefficient (Wildman–Crippen LogP) is 0.748. The molecule has 0 aromatic heterocycles. The lowest BCUT2D eigenvalue weighted by Crippen LogP contribution is -2.35. The van der Waals surface area contributed by atoms with Crippen LogP contribution in [0.4, 0.5) is 0 Å². The Morgan fingerprint density at radius 1 is 1.62 bits per heavy atom. The number of amides is 1. The van der Waals surface area contributed by atoms with Crippen LogP contribution in [0, 0.1) is 22.7 Å². The third-order valence-corrected chi connectivity index (χ3v) is 3.77. The molecule has 2 aliphatic rings. The molecule has 0 aromatic carbocycles. The summed E-state index contributed by atoms with van der Waals surface area (Å²) in [7, 11) is 0. The molecule has 0 bridgehead atoms. The third kappa shape index (κ3) is 2.19. The van der Waals surface area contributed by atoms with E-state index in [4.69, 9.17) is 5.26 Å². The van der Waals surface area contributed by atoms with Crippen molar-refractivity contribution in [3.05, 3.63) is 0 Å². The van der Waals surface area contributed by atoms with Crippen LogP contribution >= 0.6 is 0 Å². The summed E-state index contributed by atoms with van der Waals surface area (Å²) >= 11 is 0. The first-order chi connectivity index (χ1) is 7.70. The monoisotopic (exact) mass is 221 g/mol. The molecule has 1 aliphatic heterocycles. The predicted molar refractivity (Wildman–Crippen MR) is 60.5 cm³/mol. The number of nitrogens with zero attached hydrogens (tertiary/aromatic N) is 2. The molecule has 88 valence electrons. The summed E-state index contributed by atoms with van der Waals surface area (Å²) in [5.74, 6) is 0.517. The highest BCUT2D eigenvalue weighted by atomic mass is 16.2. The maximum absolute atomic E-state index is 11.7. The molecule has 0 spiro atoms. The second-order valence-electron chi connectivity index (χ2n) is 4.95. The molecule has 0 aromatic rings. The van der Waals surface area contributed by atoms with Gasteiger partial charge in [0.2, 0.25) is 5.91 Å². The Morgan fingerprint density at radius 2 is 2.38 bits per heavy atom. The lowest BCUT2D eigenvalue weighted by atomic mass is 10.1. The minimum Gasteiger partial charge on any atom is -0.354 e. The van der Waals surface area contributed by atoms with Gasteiger partial charge in [0.05, 0.1) is 6.07 Å². The summed E-state index contributed by atoms with van der Waals surface area (Å²) in [6.07, 6.45) is 2.63. The molecular formula is C12H19N3O. The second-order valence-corrected chi connectivity index (χ2v) is 4.95. The Hall–Kier alpha value is -1.08. The first-order valence-corrected chi connectivity index (χ1v) is 6.12. The number of nitrogens with one attached hydrogen (secondary N) is 1. The number of carbonyl (C=O) groups excluding carboxylic acids is 1. The smallest absolute Gasteiger partial charge is 0.240 e. The molecule has 2 fully saturated rings. The van der Waals surface area contributed by atoms with Gasteiger partial charge < -0.3 is 10.2 Å². The highest BCUT2D eigenvalue weighted by Crippen LogP contribution is 2.44. The van der Waals surface area contributed by atoms with E-state index in [1.165, 1.54) is 0 Å². The maximum atomic E-state index is 11.7. The van der Waals surface area contributed by atoms with Gasteiger partial charge in [0.25, 0.3) is 0 Å². The third-order valence-electron chi connectivity index (χ3n) is 3.77. The zero-order chi connectivity index (χ0) is 11.6. The summed E-state index contributed by atoms with van der Waals surface area (Å²) in [6, 6.07) is 2.13. The van der Waals surface area contributed by atoms with Crippen molar-refractivity contribution < 1.29 is 4.79 Å². The Balaban J connectivity index is 1.73. The van der Waals surface area contributed by atoms with Gasteiger partial charge in [-0.1, -0.05) is 6.92 Å². The minimum absolute atomic E-state index is 0.0510. The topological polar surface area (TPSA) is 56.1 Å². The van der Waals surface area contributed by atoms with Gasteiger partial charge in [-0.3, -0.25) is 4.79 Å². The van der Waals surface area contributed by atoms with Crippen molar-refractivity contribution in [2.75, 3.05) is 26.2 Å². The quantitative estimate of drug-likeness (QED) is 0.762.